The minimum absolute atomic E-state index is 0.172. The third-order valence-corrected chi connectivity index (χ3v) is 4.86. The minimum atomic E-state index is -0.765. The average molecular weight is 456 g/mol. The van der Waals surface area contributed by atoms with E-state index >= 15 is 0 Å². The van der Waals surface area contributed by atoms with Gasteiger partial charge < -0.3 is 15.1 Å². The van der Waals surface area contributed by atoms with Crippen molar-refractivity contribution in [1.29, 1.82) is 0 Å². The summed E-state index contributed by atoms with van der Waals surface area (Å²) in [7, 11) is 0. The molecule has 0 radical (unpaired) electrons. The van der Waals surface area contributed by atoms with Crippen molar-refractivity contribution in [2.24, 2.45) is 4.99 Å². The van der Waals surface area contributed by atoms with Gasteiger partial charge in [0.05, 0.1) is 22.4 Å². The number of hydrogen-bond donors (Lipinski definition) is 4. The van der Waals surface area contributed by atoms with Crippen LogP contribution >= 0.6 is 15.9 Å². The van der Waals surface area contributed by atoms with E-state index in [-0.39, 0.29) is 11.3 Å². The smallest absolute Gasteiger partial charge is 0.335 e. The van der Waals surface area contributed by atoms with Gasteiger partial charge in [-0.25, -0.2) is 14.2 Å². The van der Waals surface area contributed by atoms with E-state index in [0.29, 0.717) is 28.0 Å². The maximum atomic E-state index is 12.3. The molecule has 0 aliphatic rings. The Morgan fingerprint density at radius 1 is 1.03 bits per heavy atom. The number of aryl methyl sites for hydroxylation is 1. The van der Waals surface area contributed by atoms with Crippen molar-refractivity contribution in [3.8, 4) is 11.6 Å². The number of nitrogens with one attached hydrogen (secondary N) is 3. The molecule has 0 aliphatic heterocycles. The van der Waals surface area contributed by atoms with Crippen LogP contribution in [0, 0.1) is 6.92 Å². The first-order valence-electron chi connectivity index (χ1n) is 8.44. The SMILES string of the molecule is Cc1cc(Br)ccc1-n1c(O)c(C=Nc2ccc3[nH]c(=O)[nH]c3c2)c(=O)[nH]c1=O. The average Bonchev–Trinajstić information content (AvgIpc) is 3.02. The monoisotopic (exact) mass is 455 g/mol. The Labute approximate surface area is 170 Å². The van der Waals surface area contributed by atoms with Crippen LogP contribution in [0.2, 0.25) is 0 Å². The molecule has 29 heavy (non-hydrogen) atoms. The highest BCUT2D eigenvalue weighted by molar-refractivity contribution is 9.10. The van der Waals surface area contributed by atoms with Crippen LogP contribution in [-0.4, -0.2) is 30.8 Å². The molecular formula is C19H14BrN5O4. The molecule has 4 aromatic rings. The van der Waals surface area contributed by atoms with Gasteiger partial charge >= 0.3 is 11.4 Å². The van der Waals surface area contributed by atoms with Crippen LogP contribution in [0.25, 0.3) is 16.7 Å². The third kappa shape index (κ3) is 3.45. The maximum Gasteiger partial charge on any atom is 0.335 e. The van der Waals surface area contributed by atoms with E-state index in [9.17, 15) is 19.5 Å². The summed E-state index contributed by atoms with van der Waals surface area (Å²) in [5, 5.41) is 10.6. The van der Waals surface area contributed by atoms with Gasteiger partial charge in [-0.15, -0.1) is 0 Å². The van der Waals surface area contributed by atoms with Crippen molar-refractivity contribution in [3.05, 3.63) is 83.3 Å². The summed E-state index contributed by atoms with van der Waals surface area (Å²) in [4.78, 5) is 47.6. The molecule has 0 atom stereocenters. The Kier molecular flexibility index (Phi) is 4.55. The first-order chi connectivity index (χ1) is 13.8. The summed E-state index contributed by atoms with van der Waals surface area (Å²) < 4.78 is 1.83. The summed E-state index contributed by atoms with van der Waals surface area (Å²) in [5.41, 5.74) is 0.722. The number of aromatic amines is 3. The van der Waals surface area contributed by atoms with Gasteiger partial charge in [0.2, 0.25) is 5.88 Å². The largest absolute Gasteiger partial charge is 0.493 e. The molecule has 2 aromatic carbocycles. The van der Waals surface area contributed by atoms with Crippen LogP contribution in [0.1, 0.15) is 11.1 Å². The lowest BCUT2D eigenvalue weighted by Crippen LogP contribution is -2.31. The second-order valence-corrected chi connectivity index (χ2v) is 7.25. The molecular weight excluding hydrogens is 442 g/mol. The molecule has 4 rings (SSSR count). The molecule has 0 bridgehead atoms. The highest BCUT2D eigenvalue weighted by Crippen LogP contribution is 2.23. The van der Waals surface area contributed by atoms with E-state index in [1.165, 1.54) is 6.21 Å². The summed E-state index contributed by atoms with van der Waals surface area (Å²) in [6, 6.07) is 10.1. The number of benzene rings is 2. The molecule has 0 saturated heterocycles. The van der Waals surface area contributed by atoms with Crippen LogP contribution in [0.15, 0.2) is 60.2 Å². The van der Waals surface area contributed by atoms with E-state index in [1.54, 1.807) is 43.3 Å². The third-order valence-electron chi connectivity index (χ3n) is 4.36. The predicted molar refractivity (Wildman–Crippen MR) is 113 cm³/mol. The number of imidazole rings is 1. The van der Waals surface area contributed by atoms with Gasteiger partial charge in [0.1, 0.15) is 5.56 Å². The predicted octanol–water partition coefficient (Wildman–Crippen LogP) is 2.22. The molecule has 0 saturated carbocycles. The molecule has 146 valence electrons. The first kappa shape index (κ1) is 18.7. The highest BCUT2D eigenvalue weighted by Gasteiger charge is 2.15. The lowest BCUT2D eigenvalue weighted by Gasteiger charge is -2.12. The molecule has 0 fully saturated rings. The Hall–Kier alpha value is -3.66. The normalized spacial score (nSPS) is 11.5. The first-order valence-corrected chi connectivity index (χ1v) is 9.24. The van der Waals surface area contributed by atoms with Gasteiger partial charge in [-0.05, 0) is 48.9 Å². The van der Waals surface area contributed by atoms with E-state index in [2.05, 4.69) is 35.9 Å². The topological polar surface area (TPSA) is 136 Å². The molecule has 0 amide bonds. The Balaban J connectivity index is 1.83. The number of aliphatic imine (C=N–C) groups is 1. The fraction of sp³-hybridized carbons (Fsp3) is 0.0526. The van der Waals surface area contributed by atoms with Gasteiger partial charge in [-0.3, -0.25) is 14.8 Å². The zero-order chi connectivity index (χ0) is 20.7. The van der Waals surface area contributed by atoms with Gasteiger partial charge in [-0.1, -0.05) is 15.9 Å². The van der Waals surface area contributed by atoms with Gasteiger partial charge in [0, 0.05) is 10.7 Å². The van der Waals surface area contributed by atoms with Gasteiger partial charge in [-0.2, -0.15) is 0 Å². The number of halogens is 1. The van der Waals surface area contributed by atoms with Crippen molar-refractivity contribution < 1.29 is 5.11 Å². The summed E-state index contributed by atoms with van der Waals surface area (Å²) >= 11 is 3.35. The van der Waals surface area contributed by atoms with E-state index in [0.717, 1.165) is 9.04 Å². The van der Waals surface area contributed by atoms with Crippen LogP contribution < -0.4 is 16.9 Å². The van der Waals surface area contributed by atoms with Crippen molar-refractivity contribution >= 4 is 38.9 Å². The van der Waals surface area contributed by atoms with E-state index < -0.39 is 17.1 Å². The van der Waals surface area contributed by atoms with E-state index in [4.69, 9.17) is 0 Å². The molecule has 2 aromatic heterocycles. The van der Waals surface area contributed by atoms with Crippen molar-refractivity contribution in [2.75, 3.05) is 0 Å². The Morgan fingerprint density at radius 3 is 2.55 bits per heavy atom. The number of H-pyrrole nitrogens is 3. The van der Waals surface area contributed by atoms with Crippen LogP contribution in [-0.2, 0) is 0 Å². The van der Waals surface area contributed by atoms with Crippen LogP contribution in [0.5, 0.6) is 5.88 Å². The van der Waals surface area contributed by atoms with Gasteiger partial charge in [0.15, 0.2) is 0 Å². The van der Waals surface area contributed by atoms with Crippen LogP contribution in [0.4, 0.5) is 5.69 Å². The summed E-state index contributed by atoms with van der Waals surface area (Å²) in [6.45, 7) is 1.78. The number of nitrogens with zero attached hydrogens (tertiary/aromatic N) is 2. The summed E-state index contributed by atoms with van der Waals surface area (Å²) in [5.74, 6) is -0.524. The molecule has 0 unspecified atom stereocenters. The number of hydrogen-bond acceptors (Lipinski definition) is 5. The van der Waals surface area contributed by atoms with Crippen molar-refractivity contribution in [2.45, 2.75) is 6.92 Å². The lowest BCUT2D eigenvalue weighted by molar-refractivity contribution is 0.430. The molecule has 4 N–H and O–H groups in total. The molecule has 2 heterocycles. The Bertz CT molecular complexity index is 1460. The summed E-state index contributed by atoms with van der Waals surface area (Å²) in [6.07, 6.45) is 1.17. The fourth-order valence-electron chi connectivity index (χ4n) is 2.99. The second-order valence-electron chi connectivity index (χ2n) is 6.33. The quantitative estimate of drug-likeness (QED) is 0.352. The number of aromatic nitrogens is 4. The lowest BCUT2D eigenvalue weighted by atomic mass is 10.2. The fourth-order valence-corrected chi connectivity index (χ4v) is 3.46. The van der Waals surface area contributed by atoms with Gasteiger partial charge in [0.25, 0.3) is 5.56 Å². The van der Waals surface area contributed by atoms with Crippen molar-refractivity contribution in [1.82, 2.24) is 19.5 Å². The zero-order valence-electron chi connectivity index (χ0n) is 15.0. The minimum Gasteiger partial charge on any atom is -0.493 e. The van der Waals surface area contributed by atoms with Crippen molar-refractivity contribution in [3.63, 3.8) is 0 Å². The van der Waals surface area contributed by atoms with Crippen LogP contribution in [0.3, 0.4) is 0 Å². The second kappa shape index (κ2) is 7.06. The maximum absolute atomic E-state index is 12.3. The molecule has 0 spiro atoms. The standard InChI is InChI=1S/C19H14BrN5O4/c1-9-6-10(20)2-5-15(9)25-17(27)12(16(26)24-19(25)29)8-21-11-3-4-13-14(7-11)23-18(28)22-13/h2-8,27H,1H3,(H2,22,23,28)(H,24,26,29). The Morgan fingerprint density at radius 2 is 1.79 bits per heavy atom. The molecule has 9 nitrogen and oxygen atoms in total. The molecule has 0 aliphatic carbocycles. The highest BCUT2D eigenvalue weighted by atomic mass is 79.9. The number of fused-ring (bicyclic) bond motifs is 1. The number of rotatable bonds is 3. The zero-order valence-corrected chi connectivity index (χ0v) is 16.6. The molecule has 10 heteroatoms. The van der Waals surface area contributed by atoms with E-state index in [1.807, 2.05) is 0 Å². The number of aromatic hydroxyl groups is 1.